The van der Waals surface area contributed by atoms with Crippen molar-refractivity contribution in [2.75, 3.05) is 11.5 Å². The van der Waals surface area contributed by atoms with Crippen molar-refractivity contribution < 1.29 is 0 Å². The van der Waals surface area contributed by atoms with Crippen molar-refractivity contribution in [3.8, 4) is 0 Å². The van der Waals surface area contributed by atoms with Crippen molar-refractivity contribution in [3.63, 3.8) is 0 Å². The van der Waals surface area contributed by atoms with E-state index in [1.165, 1.54) is 88.6 Å². The highest BCUT2D eigenvalue weighted by Crippen LogP contribution is 2.33. The largest absolute Gasteiger partial charge is 0.245 e. The number of hydrogen-bond acceptors (Lipinski definition) is 4. The Kier molecular flexibility index (Phi) is 11.4. The van der Waals surface area contributed by atoms with Crippen LogP contribution >= 0.6 is 23.9 Å². The van der Waals surface area contributed by atoms with Gasteiger partial charge >= 0.3 is 0 Å². The maximum absolute atomic E-state index is 2.79. The average molecular weight is 401 g/mol. The minimum absolute atomic E-state index is 0.720. The quantitative estimate of drug-likeness (QED) is 0.268. The minimum atomic E-state index is 0.720. The molecule has 0 amide bonds. The summed E-state index contributed by atoms with van der Waals surface area (Å²) in [5, 5.41) is 0. The fraction of sp³-hybridized carbons (Fsp3) is 1.00. The summed E-state index contributed by atoms with van der Waals surface area (Å²) in [4.78, 5) is 0. The van der Waals surface area contributed by atoms with Crippen molar-refractivity contribution >= 4 is 23.9 Å². The average Bonchev–Trinajstić information content (AvgIpc) is 2.71. The standard InChI is InChI=1S/C22H44N2S2/c1-5-19(3)23(21-13-9-7-10-14-21)25-17-18-26-24(20(4)6-2)22-15-11-8-12-16-22/h19-22H,5-18H2,1-4H3. The van der Waals surface area contributed by atoms with Gasteiger partial charge in [0, 0.05) is 35.7 Å². The van der Waals surface area contributed by atoms with Gasteiger partial charge in [0.25, 0.3) is 0 Å². The smallest absolute Gasteiger partial charge is 0.0205 e. The first kappa shape index (κ1) is 22.9. The van der Waals surface area contributed by atoms with E-state index in [-0.39, 0.29) is 0 Å². The summed E-state index contributed by atoms with van der Waals surface area (Å²) in [6.45, 7) is 9.57. The van der Waals surface area contributed by atoms with E-state index >= 15 is 0 Å². The van der Waals surface area contributed by atoms with Gasteiger partial charge in [-0.25, -0.2) is 8.61 Å². The summed E-state index contributed by atoms with van der Waals surface area (Å²) in [6, 6.07) is 3.10. The molecule has 2 rings (SSSR count). The maximum atomic E-state index is 2.79. The Morgan fingerprint density at radius 1 is 0.654 bits per heavy atom. The highest BCUT2D eigenvalue weighted by Gasteiger charge is 2.27. The van der Waals surface area contributed by atoms with Crippen LogP contribution in [0.2, 0.25) is 0 Å². The van der Waals surface area contributed by atoms with Crippen LogP contribution in [0.1, 0.15) is 105 Å². The first-order valence-electron chi connectivity index (χ1n) is 11.5. The van der Waals surface area contributed by atoms with E-state index in [2.05, 4.69) is 60.2 Å². The molecule has 0 aromatic carbocycles. The fourth-order valence-corrected chi connectivity index (χ4v) is 7.17. The molecular formula is C22H44N2S2. The van der Waals surface area contributed by atoms with Gasteiger partial charge in [-0.05, 0) is 52.4 Å². The zero-order valence-electron chi connectivity index (χ0n) is 17.9. The monoisotopic (exact) mass is 400 g/mol. The molecule has 0 aromatic rings. The SMILES string of the molecule is CCC(C)N(SCCSN(C(C)CC)C1CCCCC1)C1CCCCC1. The topological polar surface area (TPSA) is 6.48 Å². The predicted molar refractivity (Wildman–Crippen MR) is 122 cm³/mol. The van der Waals surface area contributed by atoms with E-state index in [9.17, 15) is 0 Å². The molecule has 4 heteroatoms. The molecule has 2 aliphatic rings. The number of rotatable bonds is 11. The summed E-state index contributed by atoms with van der Waals surface area (Å²) >= 11 is 4.31. The summed E-state index contributed by atoms with van der Waals surface area (Å²) < 4.78 is 5.57. The van der Waals surface area contributed by atoms with Crippen LogP contribution in [0.3, 0.4) is 0 Å². The first-order valence-corrected chi connectivity index (χ1v) is 13.4. The fourth-order valence-electron chi connectivity index (χ4n) is 4.50. The third-order valence-corrected chi connectivity index (χ3v) is 9.43. The van der Waals surface area contributed by atoms with Gasteiger partial charge in [0.05, 0.1) is 0 Å². The van der Waals surface area contributed by atoms with E-state index in [0.717, 1.165) is 24.2 Å². The van der Waals surface area contributed by atoms with Crippen LogP contribution < -0.4 is 0 Å². The van der Waals surface area contributed by atoms with Crippen molar-refractivity contribution in [2.45, 2.75) is 129 Å². The van der Waals surface area contributed by atoms with Gasteiger partial charge in [-0.3, -0.25) is 0 Å². The molecule has 2 atom stereocenters. The van der Waals surface area contributed by atoms with Crippen LogP contribution in [0, 0.1) is 0 Å². The molecule has 0 N–H and O–H groups in total. The van der Waals surface area contributed by atoms with Gasteiger partial charge in [0.2, 0.25) is 0 Å². The van der Waals surface area contributed by atoms with Crippen LogP contribution in [0.4, 0.5) is 0 Å². The Morgan fingerprint density at radius 2 is 1.00 bits per heavy atom. The molecule has 0 spiro atoms. The van der Waals surface area contributed by atoms with Crippen molar-refractivity contribution in [1.82, 2.24) is 8.61 Å². The Labute approximate surface area is 172 Å². The Bertz CT molecular complexity index is 320. The van der Waals surface area contributed by atoms with E-state index in [1.54, 1.807) is 0 Å². The van der Waals surface area contributed by atoms with Gasteiger partial charge in [0.1, 0.15) is 0 Å². The number of hydrogen-bond donors (Lipinski definition) is 0. The van der Waals surface area contributed by atoms with Crippen LogP contribution in [0.5, 0.6) is 0 Å². The lowest BCUT2D eigenvalue weighted by atomic mass is 9.95. The van der Waals surface area contributed by atoms with Crippen molar-refractivity contribution in [2.24, 2.45) is 0 Å². The van der Waals surface area contributed by atoms with Gasteiger partial charge in [-0.2, -0.15) is 0 Å². The van der Waals surface area contributed by atoms with Crippen LogP contribution in [-0.2, 0) is 0 Å². The molecule has 26 heavy (non-hydrogen) atoms. The molecule has 2 nitrogen and oxygen atoms in total. The molecule has 0 heterocycles. The molecule has 0 aromatic heterocycles. The lowest BCUT2D eigenvalue weighted by Gasteiger charge is -2.38. The third kappa shape index (κ3) is 7.22. The molecule has 0 aliphatic heterocycles. The first-order chi connectivity index (χ1) is 12.7. The molecule has 0 saturated heterocycles. The van der Waals surface area contributed by atoms with Crippen LogP contribution in [-0.4, -0.2) is 44.3 Å². The Morgan fingerprint density at radius 3 is 1.31 bits per heavy atom. The van der Waals surface area contributed by atoms with Gasteiger partial charge in [-0.15, -0.1) is 0 Å². The van der Waals surface area contributed by atoms with Crippen molar-refractivity contribution in [1.29, 1.82) is 0 Å². The molecule has 2 saturated carbocycles. The van der Waals surface area contributed by atoms with E-state index in [4.69, 9.17) is 0 Å². The summed E-state index contributed by atoms with van der Waals surface area (Å²) in [5.41, 5.74) is 0. The second-order valence-corrected chi connectivity index (χ2v) is 10.7. The maximum Gasteiger partial charge on any atom is 0.0205 e. The van der Waals surface area contributed by atoms with Crippen LogP contribution in [0.25, 0.3) is 0 Å². The zero-order chi connectivity index (χ0) is 18.8. The lowest BCUT2D eigenvalue weighted by Crippen LogP contribution is -2.39. The Hall–Kier alpha value is 0.620. The van der Waals surface area contributed by atoms with Crippen molar-refractivity contribution in [3.05, 3.63) is 0 Å². The minimum Gasteiger partial charge on any atom is -0.245 e. The van der Waals surface area contributed by atoms with E-state index < -0.39 is 0 Å². The van der Waals surface area contributed by atoms with Gasteiger partial charge in [0.15, 0.2) is 0 Å². The normalized spacial score (nSPS) is 22.8. The summed E-state index contributed by atoms with van der Waals surface area (Å²) in [5.74, 6) is 2.54. The van der Waals surface area contributed by atoms with E-state index in [1.807, 2.05) is 0 Å². The molecule has 2 fully saturated rings. The number of nitrogens with zero attached hydrogens (tertiary/aromatic N) is 2. The Balaban J connectivity index is 1.80. The molecule has 0 bridgehead atoms. The summed E-state index contributed by atoms with van der Waals surface area (Å²) in [6.07, 6.45) is 16.9. The van der Waals surface area contributed by atoms with Gasteiger partial charge in [-0.1, -0.05) is 76.3 Å². The zero-order valence-corrected chi connectivity index (χ0v) is 19.6. The molecular weight excluding hydrogens is 356 g/mol. The molecule has 2 aliphatic carbocycles. The van der Waals surface area contributed by atoms with Gasteiger partial charge < -0.3 is 0 Å². The molecule has 0 radical (unpaired) electrons. The summed E-state index contributed by atoms with van der Waals surface area (Å²) in [7, 11) is 0. The molecule has 154 valence electrons. The second kappa shape index (κ2) is 13.0. The second-order valence-electron chi connectivity index (χ2n) is 8.48. The third-order valence-electron chi connectivity index (χ3n) is 6.48. The predicted octanol–water partition coefficient (Wildman–Crippen LogP) is 7.15. The van der Waals surface area contributed by atoms with E-state index in [0.29, 0.717) is 0 Å². The highest BCUT2D eigenvalue weighted by atomic mass is 32.2. The molecule has 2 unspecified atom stereocenters. The lowest BCUT2D eigenvalue weighted by molar-refractivity contribution is 0.224. The van der Waals surface area contributed by atoms with Crippen LogP contribution in [0.15, 0.2) is 0 Å². The highest BCUT2D eigenvalue weighted by molar-refractivity contribution is 8.00.